The SMILES string of the molecule is O=c1[nH]c2ccccc2c2c1ncn2CC1CCNCC1. The molecule has 0 atom stereocenters. The number of rotatable bonds is 2. The number of H-pyrrole nitrogens is 1. The number of pyridine rings is 1. The van der Waals surface area contributed by atoms with Gasteiger partial charge in [0.25, 0.3) is 5.56 Å². The smallest absolute Gasteiger partial charge is 0.276 e. The van der Waals surface area contributed by atoms with Crippen molar-refractivity contribution in [1.82, 2.24) is 19.9 Å². The summed E-state index contributed by atoms with van der Waals surface area (Å²) in [6, 6.07) is 7.94. The van der Waals surface area contributed by atoms with Crippen LogP contribution < -0.4 is 10.9 Å². The Hall–Kier alpha value is -2.14. The summed E-state index contributed by atoms with van der Waals surface area (Å²) in [5.74, 6) is 0.654. The van der Waals surface area contributed by atoms with Gasteiger partial charge in [-0.2, -0.15) is 0 Å². The van der Waals surface area contributed by atoms with E-state index in [2.05, 4.69) is 19.9 Å². The summed E-state index contributed by atoms with van der Waals surface area (Å²) in [6.07, 6.45) is 4.18. The van der Waals surface area contributed by atoms with E-state index in [1.165, 1.54) is 12.8 Å². The highest BCUT2D eigenvalue weighted by atomic mass is 16.1. The first kappa shape index (κ1) is 12.6. The molecule has 4 rings (SSSR count). The molecule has 0 spiro atoms. The number of aromatic nitrogens is 3. The van der Waals surface area contributed by atoms with Gasteiger partial charge in [-0.05, 0) is 37.9 Å². The minimum absolute atomic E-state index is 0.104. The fraction of sp³-hybridized carbons (Fsp3) is 0.375. The van der Waals surface area contributed by atoms with E-state index >= 15 is 0 Å². The maximum atomic E-state index is 12.2. The Morgan fingerprint density at radius 2 is 2.05 bits per heavy atom. The van der Waals surface area contributed by atoms with E-state index in [-0.39, 0.29) is 5.56 Å². The Morgan fingerprint density at radius 1 is 1.24 bits per heavy atom. The molecule has 0 unspecified atom stereocenters. The predicted molar refractivity (Wildman–Crippen MR) is 83.5 cm³/mol. The van der Waals surface area contributed by atoms with Gasteiger partial charge < -0.3 is 14.9 Å². The highest BCUT2D eigenvalue weighted by Gasteiger charge is 2.17. The van der Waals surface area contributed by atoms with Crippen molar-refractivity contribution >= 4 is 21.9 Å². The van der Waals surface area contributed by atoms with Crippen LogP contribution in [0.15, 0.2) is 35.4 Å². The van der Waals surface area contributed by atoms with Crippen LogP contribution in [-0.2, 0) is 6.54 Å². The molecule has 0 aliphatic carbocycles. The van der Waals surface area contributed by atoms with Gasteiger partial charge >= 0.3 is 0 Å². The van der Waals surface area contributed by atoms with E-state index in [0.29, 0.717) is 11.4 Å². The van der Waals surface area contributed by atoms with Gasteiger partial charge in [0, 0.05) is 11.9 Å². The number of imidazole rings is 1. The first-order valence-corrected chi connectivity index (χ1v) is 7.49. The second-order valence-corrected chi connectivity index (χ2v) is 5.79. The van der Waals surface area contributed by atoms with Gasteiger partial charge in [0.1, 0.15) is 0 Å². The maximum Gasteiger partial charge on any atom is 0.276 e. The van der Waals surface area contributed by atoms with Gasteiger partial charge in [0.2, 0.25) is 0 Å². The molecule has 1 aromatic carbocycles. The number of piperidine rings is 1. The van der Waals surface area contributed by atoms with Crippen molar-refractivity contribution in [3.63, 3.8) is 0 Å². The molecule has 3 aromatic rings. The Balaban J connectivity index is 1.87. The zero-order chi connectivity index (χ0) is 14.2. The average Bonchev–Trinajstić information content (AvgIpc) is 2.93. The van der Waals surface area contributed by atoms with Gasteiger partial charge in [-0.1, -0.05) is 18.2 Å². The molecule has 0 amide bonds. The second-order valence-electron chi connectivity index (χ2n) is 5.79. The summed E-state index contributed by atoms with van der Waals surface area (Å²) in [4.78, 5) is 19.4. The summed E-state index contributed by atoms with van der Waals surface area (Å²) in [7, 11) is 0. The topological polar surface area (TPSA) is 62.7 Å². The van der Waals surface area contributed by atoms with Crippen LogP contribution in [0.3, 0.4) is 0 Å². The molecule has 1 saturated heterocycles. The molecular formula is C16H18N4O. The molecule has 108 valence electrons. The Morgan fingerprint density at radius 3 is 2.90 bits per heavy atom. The summed E-state index contributed by atoms with van der Waals surface area (Å²) in [6.45, 7) is 3.10. The number of hydrogen-bond acceptors (Lipinski definition) is 3. The highest BCUT2D eigenvalue weighted by molar-refractivity contribution is 6.01. The van der Waals surface area contributed by atoms with Gasteiger partial charge in [-0.3, -0.25) is 4.79 Å². The molecule has 2 aromatic heterocycles. The van der Waals surface area contributed by atoms with Crippen LogP contribution in [0, 0.1) is 5.92 Å². The van der Waals surface area contributed by atoms with E-state index in [4.69, 9.17) is 0 Å². The lowest BCUT2D eigenvalue weighted by Gasteiger charge is -2.23. The normalized spacial score (nSPS) is 16.8. The van der Waals surface area contributed by atoms with E-state index in [9.17, 15) is 4.79 Å². The fourth-order valence-corrected chi connectivity index (χ4v) is 3.29. The van der Waals surface area contributed by atoms with Crippen LogP contribution in [0.4, 0.5) is 0 Å². The molecule has 2 N–H and O–H groups in total. The van der Waals surface area contributed by atoms with Gasteiger partial charge in [-0.15, -0.1) is 0 Å². The van der Waals surface area contributed by atoms with Crippen molar-refractivity contribution in [3.8, 4) is 0 Å². The van der Waals surface area contributed by atoms with E-state index < -0.39 is 0 Å². The Labute approximate surface area is 122 Å². The van der Waals surface area contributed by atoms with E-state index in [0.717, 1.165) is 36.1 Å². The van der Waals surface area contributed by atoms with Gasteiger partial charge in [0.05, 0.1) is 17.4 Å². The van der Waals surface area contributed by atoms with Crippen LogP contribution in [-0.4, -0.2) is 27.6 Å². The van der Waals surface area contributed by atoms with Crippen LogP contribution in [0.5, 0.6) is 0 Å². The number of para-hydroxylation sites is 1. The molecule has 1 aliphatic heterocycles. The minimum atomic E-state index is -0.104. The maximum absolute atomic E-state index is 12.2. The second kappa shape index (κ2) is 5.00. The Kier molecular flexibility index (Phi) is 3.00. The van der Waals surface area contributed by atoms with Gasteiger partial charge in [0.15, 0.2) is 5.52 Å². The van der Waals surface area contributed by atoms with Crippen molar-refractivity contribution in [1.29, 1.82) is 0 Å². The summed E-state index contributed by atoms with van der Waals surface area (Å²) in [5, 5.41) is 4.46. The van der Waals surface area contributed by atoms with Crippen LogP contribution in [0.2, 0.25) is 0 Å². The van der Waals surface area contributed by atoms with Crippen molar-refractivity contribution in [3.05, 3.63) is 40.9 Å². The standard InChI is InChI=1S/C16H18N4O/c21-16-14-15(12-3-1-2-4-13(12)19-16)20(10-18-14)9-11-5-7-17-8-6-11/h1-4,10-11,17H,5-9H2,(H,19,21). The first-order valence-electron chi connectivity index (χ1n) is 7.49. The van der Waals surface area contributed by atoms with Crippen molar-refractivity contribution in [2.45, 2.75) is 19.4 Å². The number of fused-ring (bicyclic) bond motifs is 3. The number of benzene rings is 1. The molecule has 0 bridgehead atoms. The number of nitrogens with one attached hydrogen (secondary N) is 2. The minimum Gasteiger partial charge on any atom is -0.330 e. The predicted octanol–water partition coefficient (Wildman–Crippen LogP) is 1.88. The summed E-state index contributed by atoms with van der Waals surface area (Å²) in [5.41, 5.74) is 2.28. The monoisotopic (exact) mass is 282 g/mol. The van der Waals surface area contributed by atoms with Crippen LogP contribution >= 0.6 is 0 Å². The van der Waals surface area contributed by atoms with Crippen LogP contribution in [0.25, 0.3) is 21.9 Å². The number of aromatic amines is 1. The van der Waals surface area contributed by atoms with Crippen LogP contribution in [0.1, 0.15) is 12.8 Å². The summed E-state index contributed by atoms with van der Waals surface area (Å²) >= 11 is 0. The van der Waals surface area contributed by atoms with E-state index in [1.807, 2.05) is 30.6 Å². The zero-order valence-corrected chi connectivity index (χ0v) is 11.8. The molecule has 21 heavy (non-hydrogen) atoms. The third-order valence-corrected chi connectivity index (χ3v) is 4.40. The molecule has 0 radical (unpaired) electrons. The lowest BCUT2D eigenvalue weighted by molar-refractivity contribution is 0.336. The molecule has 5 nitrogen and oxygen atoms in total. The third kappa shape index (κ3) is 2.14. The molecular weight excluding hydrogens is 264 g/mol. The molecule has 1 fully saturated rings. The zero-order valence-electron chi connectivity index (χ0n) is 11.8. The molecule has 0 saturated carbocycles. The highest BCUT2D eigenvalue weighted by Crippen LogP contribution is 2.23. The molecule has 5 heteroatoms. The van der Waals surface area contributed by atoms with E-state index in [1.54, 1.807) is 0 Å². The lowest BCUT2D eigenvalue weighted by Crippen LogP contribution is -2.29. The quantitative estimate of drug-likeness (QED) is 0.754. The lowest BCUT2D eigenvalue weighted by atomic mass is 9.98. The Bertz CT molecular complexity index is 842. The number of nitrogens with zero attached hydrogens (tertiary/aromatic N) is 2. The van der Waals surface area contributed by atoms with Crippen molar-refractivity contribution in [2.24, 2.45) is 5.92 Å². The fourth-order valence-electron chi connectivity index (χ4n) is 3.29. The molecule has 3 heterocycles. The number of hydrogen-bond donors (Lipinski definition) is 2. The van der Waals surface area contributed by atoms with Crippen molar-refractivity contribution < 1.29 is 0 Å². The van der Waals surface area contributed by atoms with Gasteiger partial charge in [-0.25, -0.2) is 4.98 Å². The largest absolute Gasteiger partial charge is 0.330 e. The third-order valence-electron chi connectivity index (χ3n) is 4.40. The summed E-state index contributed by atoms with van der Waals surface area (Å²) < 4.78 is 2.16. The average molecular weight is 282 g/mol. The van der Waals surface area contributed by atoms with Crippen molar-refractivity contribution in [2.75, 3.05) is 13.1 Å². The molecule has 1 aliphatic rings. The first-order chi connectivity index (χ1) is 10.3.